The van der Waals surface area contributed by atoms with Gasteiger partial charge >= 0.3 is 0 Å². The van der Waals surface area contributed by atoms with Crippen LogP contribution in [0.3, 0.4) is 0 Å². The van der Waals surface area contributed by atoms with Crippen molar-refractivity contribution in [3.05, 3.63) is 71.5 Å². The Labute approximate surface area is 159 Å². The van der Waals surface area contributed by atoms with Gasteiger partial charge in [-0.1, -0.05) is 30.0 Å². The van der Waals surface area contributed by atoms with Crippen molar-refractivity contribution in [1.82, 2.24) is 24.7 Å². The number of hydrogen-bond donors (Lipinski definition) is 1. The number of benzene rings is 1. The van der Waals surface area contributed by atoms with Gasteiger partial charge in [0.2, 0.25) is 5.82 Å². The van der Waals surface area contributed by atoms with E-state index in [4.69, 9.17) is 4.42 Å². The van der Waals surface area contributed by atoms with Gasteiger partial charge in [-0.2, -0.15) is 0 Å². The molecule has 3 aromatic heterocycles. The van der Waals surface area contributed by atoms with Gasteiger partial charge in [-0.3, -0.25) is 9.36 Å². The van der Waals surface area contributed by atoms with Gasteiger partial charge in [-0.05, 0) is 31.2 Å². The van der Waals surface area contributed by atoms with E-state index < -0.39 is 0 Å². The van der Waals surface area contributed by atoms with Crippen LogP contribution in [0.15, 0.2) is 69.7 Å². The summed E-state index contributed by atoms with van der Waals surface area (Å²) in [6, 6.07) is 10.9. The first-order valence-corrected chi connectivity index (χ1v) is 9.29. The molecule has 1 aromatic carbocycles. The van der Waals surface area contributed by atoms with Crippen LogP contribution in [0.4, 0.5) is 0 Å². The van der Waals surface area contributed by atoms with Crippen molar-refractivity contribution < 1.29 is 4.42 Å². The number of para-hydroxylation sites is 1. The molecule has 7 nitrogen and oxygen atoms in total. The standard InChI is InChI=1S/C19H17N5O2S/c1-3-10-24-17(15-9-6-11-26-15)22-23-19(24)27-12(2)16-20-14-8-5-4-7-13(14)18(25)21-16/h3-9,11-12H,1,10H2,2H3,(H,20,21,25)/t12-/m1/s1. The molecular weight excluding hydrogens is 362 g/mol. The SMILES string of the molecule is C=CCn1c(S[C@H](C)c2nc3ccccc3c(=O)[nH]2)nnc1-c1ccco1. The largest absolute Gasteiger partial charge is 0.461 e. The molecule has 0 radical (unpaired) electrons. The van der Waals surface area contributed by atoms with Gasteiger partial charge in [-0.25, -0.2) is 4.98 Å². The Morgan fingerprint density at radius 3 is 2.93 bits per heavy atom. The second-order valence-electron chi connectivity index (χ2n) is 5.91. The first-order chi connectivity index (χ1) is 13.2. The van der Waals surface area contributed by atoms with E-state index in [1.165, 1.54) is 11.8 Å². The predicted molar refractivity (Wildman–Crippen MR) is 105 cm³/mol. The molecule has 4 aromatic rings. The molecule has 0 saturated heterocycles. The highest BCUT2D eigenvalue weighted by atomic mass is 32.2. The maximum Gasteiger partial charge on any atom is 0.258 e. The number of nitrogens with zero attached hydrogens (tertiary/aromatic N) is 4. The summed E-state index contributed by atoms with van der Waals surface area (Å²) in [5.74, 6) is 1.87. The van der Waals surface area contributed by atoms with Gasteiger partial charge in [-0.15, -0.1) is 16.8 Å². The monoisotopic (exact) mass is 379 g/mol. The fourth-order valence-corrected chi connectivity index (χ4v) is 3.68. The Kier molecular flexibility index (Phi) is 4.64. The second kappa shape index (κ2) is 7.24. The summed E-state index contributed by atoms with van der Waals surface area (Å²) in [6.07, 6.45) is 3.38. The van der Waals surface area contributed by atoms with Crippen molar-refractivity contribution in [3.8, 4) is 11.6 Å². The smallest absolute Gasteiger partial charge is 0.258 e. The summed E-state index contributed by atoms with van der Waals surface area (Å²) < 4.78 is 7.37. The van der Waals surface area contributed by atoms with Crippen molar-refractivity contribution in [3.63, 3.8) is 0 Å². The van der Waals surface area contributed by atoms with Crippen molar-refractivity contribution in [2.45, 2.75) is 23.9 Å². The second-order valence-corrected chi connectivity index (χ2v) is 7.22. The van der Waals surface area contributed by atoms with Crippen LogP contribution in [-0.4, -0.2) is 24.7 Å². The fourth-order valence-electron chi connectivity index (χ4n) is 2.77. The number of hydrogen-bond acceptors (Lipinski definition) is 6. The van der Waals surface area contributed by atoms with E-state index in [2.05, 4.69) is 26.7 Å². The zero-order valence-electron chi connectivity index (χ0n) is 14.6. The molecule has 0 aliphatic heterocycles. The van der Waals surface area contributed by atoms with Gasteiger partial charge < -0.3 is 9.40 Å². The number of thioether (sulfide) groups is 1. The fraction of sp³-hybridized carbons (Fsp3) is 0.158. The molecule has 0 spiro atoms. The number of nitrogens with one attached hydrogen (secondary N) is 1. The van der Waals surface area contributed by atoms with Crippen LogP contribution in [0.25, 0.3) is 22.5 Å². The summed E-state index contributed by atoms with van der Waals surface area (Å²) in [7, 11) is 0. The highest BCUT2D eigenvalue weighted by Gasteiger charge is 2.20. The topological polar surface area (TPSA) is 89.6 Å². The number of fused-ring (bicyclic) bond motifs is 1. The molecule has 27 heavy (non-hydrogen) atoms. The third-order valence-corrected chi connectivity index (χ3v) is 5.16. The molecule has 1 N–H and O–H groups in total. The molecule has 0 saturated carbocycles. The number of allylic oxidation sites excluding steroid dienone is 1. The van der Waals surface area contributed by atoms with E-state index in [-0.39, 0.29) is 10.8 Å². The van der Waals surface area contributed by atoms with Crippen LogP contribution in [-0.2, 0) is 6.54 Å². The van der Waals surface area contributed by atoms with Gasteiger partial charge in [0.15, 0.2) is 10.9 Å². The van der Waals surface area contributed by atoms with Crippen molar-refractivity contribution in [2.24, 2.45) is 0 Å². The zero-order valence-corrected chi connectivity index (χ0v) is 15.4. The van der Waals surface area contributed by atoms with E-state index in [0.29, 0.717) is 40.0 Å². The van der Waals surface area contributed by atoms with E-state index in [1.54, 1.807) is 24.5 Å². The van der Waals surface area contributed by atoms with Crippen molar-refractivity contribution in [2.75, 3.05) is 0 Å². The number of aromatic amines is 1. The maximum absolute atomic E-state index is 12.3. The quantitative estimate of drug-likeness (QED) is 0.405. The lowest BCUT2D eigenvalue weighted by molar-refractivity contribution is 0.569. The molecule has 3 heterocycles. The molecule has 4 rings (SSSR count). The summed E-state index contributed by atoms with van der Waals surface area (Å²) in [6.45, 7) is 6.32. The van der Waals surface area contributed by atoms with Crippen LogP contribution >= 0.6 is 11.8 Å². The Morgan fingerprint density at radius 1 is 1.30 bits per heavy atom. The number of rotatable bonds is 6. The highest BCUT2D eigenvalue weighted by molar-refractivity contribution is 7.99. The van der Waals surface area contributed by atoms with Crippen LogP contribution in [0, 0.1) is 0 Å². The lowest BCUT2D eigenvalue weighted by Crippen LogP contribution is -2.13. The molecule has 0 aliphatic carbocycles. The van der Waals surface area contributed by atoms with Crippen LogP contribution < -0.4 is 5.56 Å². The number of furan rings is 1. The van der Waals surface area contributed by atoms with Crippen molar-refractivity contribution >= 4 is 22.7 Å². The zero-order chi connectivity index (χ0) is 18.8. The first-order valence-electron chi connectivity index (χ1n) is 8.41. The van der Waals surface area contributed by atoms with E-state index in [0.717, 1.165) is 0 Å². The molecule has 136 valence electrons. The van der Waals surface area contributed by atoms with E-state index in [9.17, 15) is 4.79 Å². The minimum absolute atomic E-state index is 0.125. The maximum atomic E-state index is 12.3. The first kappa shape index (κ1) is 17.3. The third kappa shape index (κ3) is 3.31. The molecule has 0 unspecified atom stereocenters. The molecule has 8 heteroatoms. The normalized spacial score (nSPS) is 12.3. The lowest BCUT2D eigenvalue weighted by atomic mass is 10.2. The average molecular weight is 379 g/mol. The van der Waals surface area contributed by atoms with Gasteiger partial charge in [0.05, 0.1) is 22.4 Å². The summed E-state index contributed by atoms with van der Waals surface area (Å²) >= 11 is 1.47. The summed E-state index contributed by atoms with van der Waals surface area (Å²) in [5, 5.41) is 9.69. The summed E-state index contributed by atoms with van der Waals surface area (Å²) in [4.78, 5) is 19.8. The third-order valence-electron chi connectivity index (χ3n) is 4.07. The Balaban J connectivity index is 1.68. The number of aromatic nitrogens is 5. The van der Waals surface area contributed by atoms with Crippen LogP contribution in [0.5, 0.6) is 0 Å². The molecule has 1 atom stereocenters. The van der Waals surface area contributed by atoms with E-state index in [1.807, 2.05) is 35.8 Å². The van der Waals surface area contributed by atoms with Gasteiger partial charge in [0.25, 0.3) is 5.56 Å². The van der Waals surface area contributed by atoms with E-state index >= 15 is 0 Å². The minimum Gasteiger partial charge on any atom is -0.461 e. The van der Waals surface area contributed by atoms with Gasteiger partial charge in [0.1, 0.15) is 5.82 Å². The Bertz CT molecular complexity index is 1150. The highest BCUT2D eigenvalue weighted by Crippen LogP contribution is 2.34. The summed E-state index contributed by atoms with van der Waals surface area (Å²) in [5.41, 5.74) is 0.527. The number of H-pyrrole nitrogens is 1. The molecule has 0 aliphatic rings. The van der Waals surface area contributed by atoms with Crippen LogP contribution in [0.2, 0.25) is 0 Å². The molecule has 0 fully saturated rings. The molecular formula is C19H17N5O2S. The van der Waals surface area contributed by atoms with Crippen LogP contribution in [0.1, 0.15) is 18.0 Å². The van der Waals surface area contributed by atoms with Gasteiger partial charge in [0, 0.05) is 6.54 Å². The average Bonchev–Trinajstić information content (AvgIpc) is 3.32. The Morgan fingerprint density at radius 2 is 2.15 bits per heavy atom. The Hall–Kier alpha value is -3.13. The molecule has 0 amide bonds. The van der Waals surface area contributed by atoms with Crippen molar-refractivity contribution in [1.29, 1.82) is 0 Å². The predicted octanol–water partition coefficient (Wildman–Crippen LogP) is 3.81. The minimum atomic E-state index is -0.146. The molecule has 0 bridgehead atoms. The lowest BCUT2D eigenvalue weighted by Gasteiger charge is -2.12.